The summed E-state index contributed by atoms with van der Waals surface area (Å²) in [7, 11) is 1.53. The first-order chi connectivity index (χ1) is 9.11. The second-order valence-electron chi connectivity index (χ2n) is 3.86. The lowest BCUT2D eigenvalue weighted by molar-refractivity contribution is 0.396. The first-order valence-corrected chi connectivity index (χ1v) is 6.84. The number of hydrogen-bond acceptors (Lipinski definition) is 3. The molecular formula is C13H11BrClFN2O. The van der Waals surface area contributed by atoms with Crippen molar-refractivity contribution >= 4 is 27.5 Å². The van der Waals surface area contributed by atoms with Crippen LogP contribution in [0.3, 0.4) is 0 Å². The van der Waals surface area contributed by atoms with Crippen molar-refractivity contribution in [2.45, 2.75) is 11.2 Å². The van der Waals surface area contributed by atoms with Gasteiger partial charge in [-0.05, 0) is 12.1 Å². The minimum Gasteiger partial charge on any atom is -0.481 e. The molecule has 3 nitrogen and oxygen atoms in total. The lowest BCUT2D eigenvalue weighted by Gasteiger charge is -2.12. The largest absolute Gasteiger partial charge is 0.481 e. The highest BCUT2D eigenvalue weighted by Crippen LogP contribution is 2.34. The van der Waals surface area contributed by atoms with E-state index in [-0.39, 0.29) is 10.6 Å². The van der Waals surface area contributed by atoms with Gasteiger partial charge in [-0.3, -0.25) is 0 Å². The van der Waals surface area contributed by atoms with Crippen molar-refractivity contribution in [2.75, 3.05) is 7.11 Å². The Labute approximate surface area is 123 Å². The molecule has 0 bridgehead atoms. The number of halogens is 3. The van der Waals surface area contributed by atoms with Gasteiger partial charge in [-0.2, -0.15) is 0 Å². The Morgan fingerprint density at radius 1 is 1.42 bits per heavy atom. The van der Waals surface area contributed by atoms with Gasteiger partial charge >= 0.3 is 0 Å². The molecule has 0 aliphatic heterocycles. The molecule has 6 heteroatoms. The molecular weight excluding hydrogens is 335 g/mol. The molecule has 1 heterocycles. The quantitative estimate of drug-likeness (QED) is 0.787. The highest BCUT2D eigenvalue weighted by Gasteiger charge is 2.17. The van der Waals surface area contributed by atoms with Crippen molar-refractivity contribution in [3.63, 3.8) is 0 Å². The molecule has 0 radical (unpaired) electrons. The predicted molar refractivity (Wildman–Crippen MR) is 75.4 cm³/mol. The normalized spacial score (nSPS) is 12.2. The minimum absolute atomic E-state index is 0.263. The summed E-state index contributed by atoms with van der Waals surface area (Å²) in [5.41, 5.74) is 1.18. The molecule has 0 saturated carbocycles. The maximum Gasteiger partial charge on any atom is 0.216 e. The van der Waals surface area contributed by atoms with E-state index in [1.807, 2.05) is 0 Å². The Kier molecular flexibility index (Phi) is 4.71. The van der Waals surface area contributed by atoms with Crippen molar-refractivity contribution in [1.82, 2.24) is 9.97 Å². The molecule has 2 rings (SSSR count). The number of methoxy groups -OCH3 is 1. The van der Waals surface area contributed by atoms with Gasteiger partial charge in [0.15, 0.2) is 0 Å². The van der Waals surface area contributed by atoms with Gasteiger partial charge < -0.3 is 4.74 Å². The summed E-state index contributed by atoms with van der Waals surface area (Å²) < 4.78 is 18.8. The van der Waals surface area contributed by atoms with Crippen LogP contribution in [0.15, 0.2) is 30.6 Å². The molecule has 0 aliphatic rings. The smallest absolute Gasteiger partial charge is 0.216 e. The van der Waals surface area contributed by atoms with Crippen LogP contribution in [0, 0.1) is 5.82 Å². The fourth-order valence-corrected chi connectivity index (χ4v) is 2.92. The lowest BCUT2D eigenvalue weighted by Crippen LogP contribution is -2.02. The van der Waals surface area contributed by atoms with Crippen molar-refractivity contribution in [3.05, 3.63) is 52.7 Å². The molecule has 19 heavy (non-hydrogen) atoms. The molecule has 1 aromatic heterocycles. The number of hydrogen-bond donors (Lipinski definition) is 0. The van der Waals surface area contributed by atoms with Crippen molar-refractivity contribution in [3.8, 4) is 5.88 Å². The molecule has 1 aromatic carbocycles. The van der Waals surface area contributed by atoms with E-state index in [9.17, 15) is 4.39 Å². The zero-order valence-corrected chi connectivity index (χ0v) is 12.4. The van der Waals surface area contributed by atoms with Crippen LogP contribution in [0.1, 0.15) is 16.1 Å². The third kappa shape index (κ3) is 3.42. The van der Waals surface area contributed by atoms with E-state index < -0.39 is 0 Å². The highest BCUT2D eigenvalue weighted by atomic mass is 79.9. The monoisotopic (exact) mass is 344 g/mol. The summed E-state index contributed by atoms with van der Waals surface area (Å²) >= 11 is 9.47. The number of rotatable bonds is 4. The Morgan fingerprint density at radius 2 is 2.21 bits per heavy atom. The first kappa shape index (κ1) is 14.2. The number of ether oxygens (including phenoxy) is 1. The van der Waals surface area contributed by atoms with E-state index in [4.69, 9.17) is 16.3 Å². The summed E-state index contributed by atoms with van der Waals surface area (Å²) in [4.78, 5) is 7.79. The number of aromatic nitrogens is 2. The second-order valence-corrected chi connectivity index (χ2v) is 5.37. The maximum atomic E-state index is 13.8. The van der Waals surface area contributed by atoms with Crippen LogP contribution < -0.4 is 4.74 Å². The third-order valence-electron chi connectivity index (χ3n) is 2.61. The van der Waals surface area contributed by atoms with Crippen LogP contribution in [-0.2, 0) is 6.42 Å². The number of benzene rings is 1. The average molecular weight is 346 g/mol. The van der Waals surface area contributed by atoms with Gasteiger partial charge in [0, 0.05) is 33.6 Å². The number of alkyl halides is 1. The fraction of sp³-hybridized carbons (Fsp3) is 0.231. The van der Waals surface area contributed by atoms with Crippen LogP contribution in [-0.4, -0.2) is 17.1 Å². The third-order valence-corrected chi connectivity index (χ3v) is 3.72. The van der Waals surface area contributed by atoms with E-state index in [0.29, 0.717) is 22.9 Å². The van der Waals surface area contributed by atoms with E-state index in [1.54, 1.807) is 18.2 Å². The van der Waals surface area contributed by atoms with Crippen molar-refractivity contribution in [2.24, 2.45) is 0 Å². The van der Waals surface area contributed by atoms with Crippen LogP contribution in [0.5, 0.6) is 5.88 Å². The molecule has 0 spiro atoms. The van der Waals surface area contributed by atoms with Crippen LogP contribution in [0.25, 0.3) is 0 Å². The predicted octanol–water partition coefficient (Wildman–Crippen LogP) is 3.96. The van der Waals surface area contributed by atoms with Gasteiger partial charge in [0.25, 0.3) is 0 Å². The fourth-order valence-electron chi connectivity index (χ4n) is 1.70. The van der Waals surface area contributed by atoms with Gasteiger partial charge in [0.1, 0.15) is 12.1 Å². The Balaban J connectivity index is 2.23. The Hall–Kier alpha value is -1.20. The molecule has 1 unspecified atom stereocenters. The molecule has 0 fully saturated rings. The molecule has 0 amide bonds. The maximum absolute atomic E-state index is 13.8. The first-order valence-electron chi connectivity index (χ1n) is 5.54. The zero-order chi connectivity index (χ0) is 13.8. The van der Waals surface area contributed by atoms with Crippen LogP contribution in [0.4, 0.5) is 4.39 Å². The summed E-state index contributed by atoms with van der Waals surface area (Å²) in [5.74, 6) is 0.139. The Bertz CT molecular complexity index is 562. The van der Waals surface area contributed by atoms with Gasteiger partial charge in [-0.15, -0.1) is 0 Å². The second kappa shape index (κ2) is 6.30. The minimum atomic E-state index is -0.338. The molecule has 0 aliphatic carbocycles. The SMILES string of the molecule is COc1cc(CC(Br)c2c(F)cccc2Cl)ncn1. The van der Waals surface area contributed by atoms with Crippen molar-refractivity contribution in [1.29, 1.82) is 0 Å². The molecule has 0 saturated heterocycles. The zero-order valence-electron chi connectivity index (χ0n) is 10.1. The van der Waals surface area contributed by atoms with Crippen LogP contribution >= 0.6 is 27.5 Å². The van der Waals surface area contributed by atoms with E-state index in [2.05, 4.69) is 25.9 Å². The summed E-state index contributed by atoms with van der Waals surface area (Å²) in [6.45, 7) is 0. The molecule has 0 N–H and O–H groups in total. The molecule has 1 atom stereocenters. The van der Waals surface area contributed by atoms with Gasteiger partial charge in [0.2, 0.25) is 5.88 Å². The standard InChI is InChI=1S/C13H11BrClFN2O/c1-19-12-6-8(17-7-18-12)5-9(14)13-10(15)3-2-4-11(13)16/h2-4,6-7,9H,5H2,1H3. The van der Waals surface area contributed by atoms with E-state index in [1.165, 1.54) is 19.5 Å². The van der Waals surface area contributed by atoms with Gasteiger partial charge in [0.05, 0.1) is 7.11 Å². The van der Waals surface area contributed by atoms with Gasteiger partial charge in [-0.1, -0.05) is 33.6 Å². The summed E-state index contributed by atoms with van der Waals surface area (Å²) in [6.07, 6.45) is 1.90. The van der Waals surface area contributed by atoms with Crippen LogP contribution in [0.2, 0.25) is 5.02 Å². The highest BCUT2D eigenvalue weighted by molar-refractivity contribution is 9.09. The molecule has 2 aromatic rings. The van der Waals surface area contributed by atoms with Crippen molar-refractivity contribution < 1.29 is 9.13 Å². The van der Waals surface area contributed by atoms with Gasteiger partial charge in [-0.25, -0.2) is 14.4 Å². The Morgan fingerprint density at radius 3 is 2.89 bits per heavy atom. The topological polar surface area (TPSA) is 35.0 Å². The molecule has 100 valence electrons. The summed E-state index contributed by atoms with van der Waals surface area (Å²) in [6, 6.07) is 6.34. The number of nitrogens with zero attached hydrogens (tertiary/aromatic N) is 2. The van der Waals surface area contributed by atoms with E-state index >= 15 is 0 Å². The van der Waals surface area contributed by atoms with E-state index in [0.717, 1.165) is 5.69 Å². The average Bonchev–Trinajstić information content (AvgIpc) is 2.38. The lowest BCUT2D eigenvalue weighted by atomic mass is 10.1. The summed E-state index contributed by atoms with van der Waals surface area (Å²) in [5, 5.41) is 0.392.